The molecule has 0 aliphatic carbocycles. The second-order valence-corrected chi connectivity index (χ2v) is 5.63. The summed E-state index contributed by atoms with van der Waals surface area (Å²) in [5, 5.41) is 0. The molecular weight excluding hydrogens is 224 g/mol. The Kier molecular flexibility index (Phi) is 2.98. The molecule has 16 heavy (non-hydrogen) atoms. The van der Waals surface area contributed by atoms with E-state index in [2.05, 4.69) is 0 Å². The Labute approximate surface area is 95.4 Å². The molecule has 0 aromatic heterocycles. The van der Waals surface area contributed by atoms with Gasteiger partial charge in [0, 0.05) is 18.8 Å². The van der Waals surface area contributed by atoms with Gasteiger partial charge in [0.25, 0.3) is 0 Å². The van der Waals surface area contributed by atoms with E-state index in [1.807, 2.05) is 12.2 Å². The first-order valence-electron chi connectivity index (χ1n) is 5.11. The van der Waals surface area contributed by atoms with Gasteiger partial charge in [-0.25, -0.2) is 8.42 Å². The highest BCUT2D eigenvalue weighted by Gasteiger charge is 2.23. The van der Waals surface area contributed by atoms with E-state index in [0.717, 1.165) is 6.42 Å². The van der Waals surface area contributed by atoms with Crippen molar-refractivity contribution < 1.29 is 8.42 Å². The second-order valence-electron chi connectivity index (χ2n) is 3.69. The second kappa shape index (κ2) is 4.27. The van der Waals surface area contributed by atoms with Crippen LogP contribution < -0.4 is 5.73 Å². The van der Waals surface area contributed by atoms with Crippen molar-refractivity contribution in [2.45, 2.75) is 11.3 Å². The molecule has 1 aliphatic rings. The van der Waals surface area contributed by atoms with Gasteiger partial charge in [-0.1, -0.05) is 12.2 Å². The van der Waals surface area contributed by atoms with Crippen LogP contribution >= 0.6 is 0 Å². The maximum absolute atomic E-state index is 12.1. The van der Waals surface area contributed by atoms with E-state index in [9.17, 15) is 8.42 Å². The van der Waals surface area contributed by atoms with Crippen LogP contribution in [-0.4, -0.2) is 25.8 Å². The van der Waals surface area contributed by atoms with Gasteiger partial charge in [0.15, 0.2) is 0 Å². The molecule has 0 fully saturated rings. The van der Waals surface area contributed by atoms with Gasteiger partial charge in [-0.3, -0.25) is 0 Å². The van der Waals surface area contributed by atoms with Gasteiger partial charge in [0.05, 0.1) is 4.90 Å². The molecule has 2 N–H and O–H groups in total. The molecule has 1 aromatic rings. The van der Waals surface area contributed by atoms with E-state index >= 15 is 0 Å². The van der Waals surface area contributed by atoms with Crippen LogP contribution in [0.15, 0.2) is 41.3 Å². The van der Waals surface area contributed by atoms with Gasteiger partial charge in [-0.15, -0.1) is 0 Å². The summed E-state index contributed by atoms with van der Waals surface area (Å²) in [6.45, 7) is 0.996. The lowest BCUT2D eigenvalue weighted by Crippen LogP contribution is -2.33. The Morgan fingerprint density at radius 2 is 1.81 bits per heavy atom. The van der Waals surface area contributed by atoms with Gasteiger partial charge < -0.3 is 5.73 Å². The Bertz CT molecular complexity index is 491. The topological polar surface area (TPSA) is 63.4 Å². The fraction of sp³-hybridized carbons (Fsp3) is 0.273. The van der Waals surface area contributed by atoms with Gasteiger partial charge in [-0.2, -0.15) is 4.31 Å². The lowest BCUT2D eigenvalue weighted by Gasteiger charge is -2.22. The van der Waals surface area contributed by atoms with Crippen LogP contribution in [0, 0.1) is 0 Å². The van der Waals surface area contributed by atoms with Crippen molar-refractivity contribution in [3.05, 3.63) is 36.4 Å². The minimum Gasteiger partial charge on any atom is -0.399 e. The number of rotatable bonds is 2. The summed E-state index contributed by atoms with van der Waals surface area (Å²) >= 11 is 0. The molecule has 4 nitrogen and oxygen atoms in total. The summed E-state index contributed by atoms with van der Waals surface area (Å²) in [6.07, 6.45) is 4.64. The summed E-state index contributed by atoms with van der Waals surface area (Å²) in [5.74, 6) is 0. The normalized spacial score (nSPS) is 17.5. The molecule has 0 radical (unpaired) electrons. The summed E-state index contributed by atoms with van der Waals surface area (Å²) in [6, 6.07) is 6.30. The quantitative estimate of drug-likeness (QED) is 0.622. The van der Waals surface area contributed by atoms with Gasteiger partial charge in [-0.05, 0) is 30.7 Å². The number of anilines is 1. The number of sulfonamides is 1. The first kappa shape index (κ1) is 11.2. The van der Waals surface area contributed by atoms with E-state index < -0.39 is 10.0 Å². The number of benzene rings is 1. The van der Waals surface area contributed by atoms with Gasteiger partial charge in [0.1, 0.15) is 0 Å². The number of nitrogens with zero attached hydrogens (tertiary/aromatic N) is 1. The van der Waals surface area contributed by atoms with Crippen molar-refractivity contribution in [1.29, 1.82) is 0 Å². The smallest absolute Gasteiger partial charge is 0.243 e. The largest absolute Gasteiger partial charge is 0.399 e. The highest BCUT2D eigenvalue weighted by molar-refractivity contribution is 7.89. The van der Waals surface area contributed by atoms with Crippen LogP contribution in [-0.2, 0) is 10.0 Å². The Balaban J connectivity index is 2.31. The molecular formula is C11H14N2O2S. The first-order valence-corrected chi connectivity index (χ1v) is 6.55. The van der Waals surface area contributed by atoms with Crippen molar-refractivity contribution in [3.63, 3.8) is 0 Å². The van der Waals surface area contributed by atoms with Crippen molar-refractivity contribution in [2.24, 2.45) is 0 Å². The summed E-state index contributed by atoms with van der Waals surface area (Å²) in [7, 11) is -3.35. The Hall–Kier alpha value is -1.33. The van der Waals surface area contributed by atoms with Crippen LogP contribution in [0.25, 0.3) is 0 Å². The molecule has 1 heterocycles. The van der Waals surface area contributed by atoms with Gasteiger partial charge in [0.2, 0.25) is 10.0 Å². The Morgan fingerprint density at radius 3 is 2.38 bits per heavy atom. The van der Waals surface area contributed by atoms with Crippen molar-refractivity contribution >= 4 is 15.7 Å². The van der Waals surface area contributed by atoms with E-state index in [1.165, 1.54) is 4.31 Å². The van der Waals surface area contributed by atoms with Crippen LogP contribution in [0.3, 0.4) is 0 Å². The number of nitrogens with two attached hydrogens (primary N) is 1. The third-order valence-corrected chi connectivity index (χ3v) is 4.42. The molecule has 0 saturated heterocycles. The highest BCUT2D eigenvalue weighted by Crippen LogP contribution is 2.18. The molecule has 0 saturated carbocycles. The predicted molar refractivity (Wildman–Crippen MR) is 63.4 cm³/mol. The molecule has 0 atom stereocenters. The molecule has 0 bridgehead atoms. The molecule has 1 aliphatic heterocycles. The zero-order chi connectivity index (χ0) is 11.6. The fourth-order valence-electron chi connectivity index (χ4n) is 1.63. The zero-order valence-corrected chi connectivity index (χ0v) is 9.65. The average molecular weight is 238 g/mol. The van der Waals surface area contributed by atoms with Crippen molar-refractivity contribution in [2.75, 3.05) is 18.8 Å². The monoisotopic (exact) mass is 238 g/mol. The van der Waals surface area contributed by atoms with E-state index in [4.69, 9.17) is 5.73 Å². The minimum atomic E-state index is -3.35. The molecule has 0 amide bonds. The predicted octanol–water partition coefficient (Wildman–Crippen LogP) is 1.22. The lowest BCUT2D eigenvalue weighted by molar-refractivity contribution is 0.437. The third kappa shape index (κ3) is 2.10. The van der Waals surface area contributed by atoms with Crippen LogP contribution in [0.4, 0.5) is 5.69 Å². The lowest BCUT2D eigenvalue weighted by atomic mass is 10.3. The standard InChI is InChI=1S/C11H14N2O2S/c12-10-4-6-11(7-5-10)16(14,15)13-8-2-1-3-9-13/h1-2,4-7H,3,8-9,12H2. The average Bonchev–Trinajstić information content (AvgIpc) is 2.31. The SMILES string of the molecule is Nc1ccc(S(=O)(=O)N2CC=CCC2)cc1. The van der Waals surface area contributed by atoms with E-state index in [-0.39, 0.29) is 0 Å². The van der Waals surface area contributed by atoms with Crippen LogP contribution in [0.5, 0.6) is 0 Å². The summed E-state index contributed by atoms with van der Waals surface area (Å²) in [5.41, 5.74) is 6.10. The molecule has 86 valence electrons. The maximum Gasteiger partial charge on any atom is 0.243 e. The molecule has 5 heteroatoms. The fourth-order valence-corrected chi connectivity index (χ4v) is 3.03. The molecule has 0 spiro atoms. The molecule has 1 aromatic carbocycles. The molecule has 0 unspecified atom stereocenters. The number of hydrogen-bond acceptors (Lipinski definition) is 3. The van der Waals surface area contributed by atoms with E-state index in [1.54, 1.807) is 24.3 Å². The minimum absolute atomic E-state index is 0.303. The summed E-state index contributed by atoms with van der Waals surface area (Å²) in [4.78, 5) is 0.303. The Morgan fingerprint density at radius 1 is 1.12 bits per heavy atom. The van der Waals surface area contributed by atoms with Crippen LogP contribution in [0.2, 0.25) is 0 Å². The van der Waals surface area contributed by atoms with Crippen molar-refractivity contribution in [3.8, 4) is 0 Å². The van der Waals surface area contributed by atoms with Crippen molar-refractivity contribution in [1.82, 2.24) is 4.31 Å². The van der Waals surface area contributed by atoms with E-state index in [0.29, 0.717) is 23.7 Å². The molecule has 2 rings (SSSR count). The van der Waals surface area contributed by atoms with Crippen LogP contribution in [0.1, 0.15) is 6.42 Å². The third-order valence-electron chi connectivity index (χ3n) is 2.54. The number of nitrogen functional groups attached to an aromatic ring is 1. The first-order chi connectivity index (χ1) is 7.60. The van der Waals surface area contributed by atoms with Gasteiger partial charge >= 0.3 is 0 Å². The number of hydrogen-bond donors (Lipinski definition) is 1. The zero-order valence-electron chi connectivity index (χ0n) is 8.83. The highest BCUT2D eigenvalue weighted by atomic mass is 32.2. The maximum atomic E-state index is 12.1. The summed E-state index contributed by atoms with van der Waals surface area (Å²) < 4.78 is 25.8.